The fourth-order valence-corrected chi connectivity index (χ4v) is 4.15. The topological polar surface area (TPSA) is 37.4 Å². The molecule has 0 aromatic carbocycles. The number of rotatable bonds is 3. The van der Waals surface area contributed by atoms with Crippen molar-refractivity contribution in [1.29, 1.82) is 0 Å². The molecular formula is C15H25NO2. The van der Waals surface area contributed by atoms with E-state index in [1.165, 1.54) is 0 Å². The number of hydrogen-bond donors (Lipinski definition) is 0. The van der Waals surface area contributed by atoms with E-state index in [1.807, 2.05) is 18.7 Å². The van der Waals surface area contributed by atoms with Crippen LogP contribution in [-0.4, -0.2) is 29.7 Å². The van der Waals surface area contributed by atoms with Crippen molar-refractivity contribution < 1.29 is 9.59 Å². The summed E-state index contributed by atoms with van der Waals surface area (Å²) >= 11 is 0. The first-order valence-electron chi connectivity index (χ1n) is 7.09. The maximum Gasteiger partial charge on any atom is 0.229 e. The van der Waals surface area contributed by atoms with E-state index in [4.69, 9.17) is 0 Å². The van der Waals surface area contributed by atoms with Crippen LogP contribution in [0.3, 0.4) is 0 Å². The van der Waals surface area contributed by atoms with Crippen LogP contribution in [0.25, 0.3) is 0 Å². The zero-order valence-electron chi connectivity index (χ0n) is 12.3. The molecule has 3 nitrogen and oxygen atoms in total. The zero-order chi connectivity index (χ0) is 13.8. The Labute approximate surface area is 110 Å². The highest BCUT2D eigenvalue weighted by atomic mass is 16.2. The molecule has 0 aromatic rings. The average molecular weight is 251 g/mol. The van der Waals surface area contributed by atoms with Crippen LogP contribution in [0, 0.1) is 16.2 Å². The highest BCUT2D eigenvalue weighted by Crippen LogP contribution is 2.70. The molecule has 102 valence electrons. The van der Waals surface area contributed by atoms with Crippen LogP contribution in [0.4, 0.5) is 0 Å². The molecule has 0 aliphatic heterocycles. The van der Waals surface area contributed by atoms with E-state index >= 15 is 0 Å². The Hall–Kier alpha value is -0.860. The second-order valence-corrected chi connectivity index (χ2v) is 6.62. The Morgan fingerprint density at radius 1 is 1.17 bits per heavy atom. The SMILES string of the molecule is CCN(CC)C(=O)[C@]12CC[C@@](C)(C(=O)C1)C2(C)C. The molecule has 0 unspecified atom stereocenters. The van der Waals surface area contributed by atoms with Crippen molar-refractivity contribution in [1.82, 2.24) is 4.90 Å². The lowest BCUT2D eigenvalue weighted by Gasteiger charge is -2.41. The van der Waals surface area contributed by atoms with Crippen molar-refractivity contribution >= 4 is 11.7 Å². The van der Waals surface area contributed by atoms with Crippen molar-refractivity contribution in [2.75, 3.05) is 13.1 Å². The molecule has 2 saturated carbocycles. The summed E-state index contributed by atoms with van der Waals surface area (Å²) in [6.07, 6.45) is 2.19. The lowest BCUT2D eigenvalue weighted by atomic mass is 9.64. The molecule has 18 heavy (non-hydrogen) atoms. The molecule has 3 heteroatoms. The summed E-state index contributed by atoms with van der Waals surface area (Å²) in [6.45, 7) is 11.8. The number of carbonyl (C=O) groups is 2. The molecule has 0 aromatic heterocycles. The predicted molar refractivity (Wildman–Crippen MR) is 71.1 cm³/mol. The lowest BCUT2D eigenvalue weighted by molar-refractivity contribution is -0.147. The molecule has 2 aliphatic carbocycles. The van der Waals surface area contributed by atoms with Gasteiger partial charge >= 0.3 is 0 Å². The second-order valence-electron chi connectivity index (χ2n) is 6.62. The number of Topliss-reactive ketones (excluding diaryl/α,β-unsaturated/α-hetero) is 1. The van der Waals surface area contributed by atoms with Gasteiger partial charge in [-0.25, -0.2) is 0 Å². The summed E-state index contributed by atoms with van der Waals surface area (Å²) in [5, 5.41) is 0. The number of fused-ring (bicyclic) bond motifs is 2. The molecule has 0 spiro atoms. The van der Waals surface area contributed by atoms with E-state index in [0.29, 0.717) is 12.2 Å². The molecule has 2 aliphatic rings. The molecule has 0 N–H and O–H groups in total. The molecular weight excluding hydrogens is 226 g/mol. The van der Waals surface area contributed by atoms with Gasteiger partial charge in [-0.2, -0.15) is 0 Å². The molecule has 2 fully saturated rings. The van der Waals surface area contributed by atoms with Crippen molar-refractivity contribution in [2.45, 2.75) is 53.9 Å². The Morgan fingerprint density at radius 2 is 1.72 bits per heavy atom. The Kier molecular flexibility index (Phi) is 2.88. The first-order chi connectivity index (χ1) is 8.27. The van der Waals surface area contributed by atoms with Crippen LogP contribution in [0.1, 0.15) is 53.9 Å². The van der Waals surface area contributed by atoms with Crippen LogP contribution >= 0.6 is 0 Å². The van der Waals surface area contributed by atoms with Gasteiger partial charge in [-0.3, -0.25) is 9.59 Å². The van der Waals surface area contributed by atoms with E-state index in [0.717, 1.165) is 25.9 Å². The molecule has 2 atom stereocenters. The van der Waals surface area contributed by atoms with E-state index in [1.54, 1.807) is 0 Å². The summed E-state index contributed by atoms with van der Waals surface area (Å²) in [4.78, 5) is 27.1. The Bertz CT molecular complexity index is 397. The van der Waals surface area contributed by atoms with Gasteiger partial charge in [-0.15, -0.1) is 0 Å². The third-order valence-electron chi connectivity index (χ3n) is 6.17. The lowest BCUT2D eigenvalue weighted by Crippen LogP contribution is -2.48. The normalized spacial score (nSPS) is 37.1. The molecule has 1 amide bonds. The Balaban J connectivity index is 2.44. The van der Waals surface area contributed by atoms with Gasteiger partial charge < -0.3 is 4.90 Å². The van der Waals surface area contributed by atoms with Crippen LogP contribution in [0.5, 0.6) is 0 Å². The van der Waals surface area contributed by atoms with Gasteiger partial charge in [0.25, 0.3) is 0 Å². The van der Waals surface area contributed by atoms with Crippen LogP contribution in [0.2, 0.25) is 0 Å². The minimum atomic E-state index is -0.440. The molecule has 2 bridgehead atoms. The fourth-order valence-electron chi connectivity index (χ4n) is 4.15. The van der Waals surface area contributed by atoms with Crippen LogP contribution in [0.15, 0.2) is 0 Å². The van der Waals surface area contributed by atoms with Gasteiger partial charge in [0, 0.05) is 24.9 Å². The number of hydrogen-bond acceptors (Lipinski definition) is 2. The van der Waals surface area contributed by atoms with Gasteiger partial charge in [0.1, 0.15) is 5.78 Å². The van der Waals surface area contributed by atoms with E-state index in [2.05, 4.69) is 20.8 Å². The van der Waals surface area contributed by atoms with Gasteiger partial charge in [0.05, 0.1) is 5.41 Å². The predicted octanol–water partition coefficient (Wildman–Crippen LogP) is 2.64. The van der Waals surface area contributed by atoms with Gasteiger partial charge in [0.15, 0.2) is 0 Å². The van der Waals surface area contributed by atoms with Crippen molar-refractivity contribution in [3.05, 3.63) is 0 Å². The summed E-state index contributed by atoms with van der Waals surface area (Å²) in [7, 11) is 0. The summed E-state index contributed by atoms with van der Waals surface area (Å²) in [5.41, 5.74) is -0.947. The van der Waals surface area contributed by atoms with Gasteiger partial charge in [-0.1, -0.05) is 20.8 Å². The van der Waals surface area contributed by atoms with Crippen molar-refractivity contribution in [2.24, 2.45) is 16.2 Å². The highest BCUT2D eigenvalue weighted by molar-refractivity contribution is 5.99. The molecule has 2 rings (SSSR count). The quantitative estimate of drug-likeness (QED) is 0.773. The molecule has 0 radical (unpaired) electrons. The molecule has 0 heterocycles. The van der Waals surface area contributed by atoms with Crippen LogP contribution < -0.4 is 0 Å². The number of nitrogens with zero attached hydrogens (tertiary/aromatic N) is 1. The van der Waals surface area contributed by atoms with E-state index in [-0.39, 0.29) is 16.7 Å². The first-order valence-corrected chi connectivity index (χ1v) is 7.09. The van der Waals surface area contributed by atoms with Gasteiger partial charge in [-0.05, 0) is 32.1 Å². The third kappa shape index (κ3) is 1.25. The monoisotopic (exact) mass is 251 g/mol. The minimum Gasteiger partial charge on any atom is -0.343 e. The fraction of sp³-hybridized carbons (Fsp3) is 0.867. The Morgan fingerprint density at radius 3 is 2.06 bits per heavy atom. The second kappa shape index (κ2) is 3.82. The number of carbonyl (C=O) groups excluding carboxylic acids is 2. The van der Waals surface area contributed by atoms with Crippen molar-refractivity contribution in [3.63, 3.8) is 0 Å². The third-order valence-corrected chi connectivity index (χ3v) is 6.17. The molecule has 0 saturated heterocycles. The highest BCUT2D eigenvalue weighted by Gasteiger charge is 2.72. The summed E-state index contributed by atoms with van der Waals surface area (Å²) in [5.74, 6) is 0.492. The number of amides is 1. The zero-order valence-corrected chi connectivity index (χ0v) is 12.3. The maximum atomic E-state index is 12.9. The van der Waals surface area contributed by atoms with Crippen molar-refractivity contribution in [3.8, 4) is 0 Å². The average Bonchev–Trinajstić information content (AvgIpc) is 2.61. The van der Waals surface area contributed by atoms with E-state index in [9.17, 15) is 9.59 Å². The first kappa shape index (κ1) is 13.6. The summed E-state index contributed by atoms with van der Waals surface area (Å²) in [6, 6.07) is 0. The van der Waals surface area contributed by atoms with E-state index < -0.39 is 5.41 Å². The standard InChI is InChI=1S/C15H25NO2/c1-6-16(7-2)12(18)15-9-8-14(5,11(17)10-15)13(15,3)4/h6-10H2,1-5H3/t14-,15-/m0/s1. The van der Waals surface area contributed by atoms with Crippen LogP contribution in [-0.2, 0) is 9.59 Å². The number of ketones is 1. The maximum absolute atomic E-state index is 12.9. The minimum absolute atomic E-state index is 0.201. The smallest absolute Gasteiger partial charge is 0.229 e. The van der Waals surface area contributed by atoms with Gasteiger partial charge in [0.2, 0.25) is 5.91 Å². The largest absolute Gasteiger partial charge is 0.343 e. The summed E-state index contributed by atoms with van der Waals surface area (Å²) < 4.78 is 0.